The van der Waals surface area contributed by atoms with Gasteiger partial charge in [-0.05, 0) is 32.1 Å². The lowest BCUT2D eigenvalue weighted by Crippen LogP contribution is -2.59. The number of aliphatic hydroxyl groups excluding tert-OH is 1. The molecule has 0 heterocycles. The lowest BCUT2D eigenvalue weighted by Gasteiger charge is -2.40. The standard InChI is InChI=1S/C15H30N2O2/c1-2-3-4-5-6-11-17(12-8-13-18)14(19)15(16)9-7-10-15/h18H,2-13,16H2,1H3. The van der Waals surface area contributed by atoms with Gasteiger partial charge in [0, 0.05) is 19.7 Å². The van der Waals surface area contributed by atoms with Crippen molar-refractivity contribution in [2.75, 3.05) is 19.7 Å². The first kappa shape index (κ1) is 16.4. The van der Waals surface area contributed by atoms with Crippen LogP contribution in [0, 0.1) is 0 Å². The van der Waals surface area contributed by atoms with E-state index in [4.69, 9.17) is 10.8 Å². The molecule has 0 aromatic heterocycles. The Balaban J connectivity index is 2.35. The quantitative estimate of drug-likeness (QED) is 0.597. The lowest BCUT2D eigenvalue weighted by atomic mass is 9.76. The van der Waals surface area contributed by atoms with E-state index < -0.39 is 5.54 Å². The molecule has 0 aromatic rings. The molecule has 112 valence electrons. The number of hydrogen-bond acceptors (Lipinski definition) is 3. The van der Waals surface area contributed by atoms with E-state index in [0.29, 0.717) is 13.0 Å². The minimum absolute atomic E-state index is 0.0997. The first-order valence-corrected chi connectivity index (χ1v) is 7.83. The second-order valence-corrected chi connectivity index (χ2v) is 5.79. The summed E-state index contributed by atoms with van der Waals surface area (Å²) in [7, 11) is 0. The molecule has 4 nitrogen and oxygen atoms in total. The number of rotatable bonds is 10. The van der Waals surface area contributed by atoms with Gasteiger partial charge in [-0.1, -0.05) is 32.6 Å². The van der Waals surface area contributed by atoms with E-state index in [1.165, 1.54) is 25.7 Å². The van der Waals surface area contributed by atoms with E-state index in [0.717, 1.165) is 32.2 Å². The third kappa shape index (κ3) is 5.11. The van der Waals surface area contributed by atoms with Gasteiger partial charge in [-0.15, -0.1) is 0 Å². The maximum atomic E-state index is 12.4. The molecule has 0 spiro atoms. The summed E-state index contributed by atoms with van der Waals surface area (Å²) in [5, 5.41) is 8.94. The van der Waals surface area contributed by atoms with Crippen LogP contribution in [0.15, 0.2) is 0 Å². The number of nitrogens with zero attached hydrogens (tertiary/aromatic N) is 1. The number of hydrogen-bond donors (Lipinski definition) is 2. The number of amides is 1. The number of aliphatic hydroxyl groups is 1. The maximum absolute atomic E-state index is 12.4. The van der Waals surface area contributed by atoms with Crippen molar-refractivity contribution in [3.8, 4) is 0 Å². The summed E-state index contributed by atoms with van der Waals surface area (Å²) in [4.78, 5) is 14.3. The van der Waals surface area contributed by atoms with Gasteiger partial charge in [-0.2, -0.15) is 0 Å². The van der Waals surface area contributed by atoms with Crippen molar-refractivity contribution in [1.82, 2.24) is 4.90 Å². The fourth-order valence-corrected chi connectivity index (χ4v) is 2.57. The fraction of sp³-hybridized carbons (Fsp3) is 0.933. The van der Waals surface area contributed by atoms with Crippen LogP contribution in [-0.4, -0.2) is 41.1 Å². The van der Waals surface area contributed by atoms with Crippen LogP contribution in [-0.2, 0) is 4.79 Å². The smallest absolute Gasteiger partial charge is 0.242 e. The van der Waals surface area contributed by atoms with Crippen LogP contribution in [0.5, 0.6) is 0 Å². The minimum atomic E-state index is -0.598. The lowest BCUT2D eigenvalue weighted by molar-refractivity contribution is -0.140. The molecule has 1 amide bonds. The van der Waals surface area contributed by atoms with Crippen molar-refractivity contribution in [3.63, 3.8) is 0 Å². The van der Waals surface area contributed by atoms with Gasteiger partial charge in [0.2, 0.25) is 5.91 Å². The van der Waals surface area contributed by atoms with Crippen LogP contribution < -0.4 is 5.73 Å². The van der Waals surface area contributed by atoms with Gasteiger partial charge >= 0.3 is 0 Å². The molecular weight excluding hydrogens is 240 g/mol. The molecule has 1 saturated carbocycles. The number of carbonyl (C=O) groups excluding carboxylic acids is 1. The van der Waals surface area contributed by atoms with Crippen LogP contribution in [0.25, 0.3) is 0 Å². The van der Waals surface area contributed by atoms with Crippen molar-refractivity contribution in [1.29, 1.82) is 0 Å². The predicted octanol–water partition coefficient (Wildman–Crippen LogP) is 2.05. The zero-order valence-electron chi connectivity index (χ0n) is 12.4. The van der Waals surface area contributed by atoms with Crippen LogP contribution in [0.4, 0.5) is 0 Å². The average molecular weight is 270 g/mol. The van der Waals surface area contributed by atoms with Crippen LogP contribution in [0.2, 0.25) is 0 Å². The minimum Gasteiger partial charge on any atom is -0.396 e. The topological polar surface area (TPSA) is 66.6 Å². The molecule has 3 N–H and O–H groups in total. The van der Waals surface area contributed by atoms with E-state index in [1.54, 1.807) is 0 Å². The van der Waals surface area contributed by atoms with Gasteiger partial charge in [-0.25, -0.2) is 0 Å². The molecule has 0 aromatic carbocycles. The zero-order valence-corrected chi connectivity index (χ0v) is 12.4. The molecule has 1 rings (SSSR count). The van der Waals surface area contributed by atoms with Crippen molar-refractivity contribution in [3.05, 3.63) is 0 Å². The van der Waals surface area contributed by atoms with E-state index in [1.807, 2.05) is 4.90 Å². The Labute approximate surface area is 117 Å². The molecule has 1 aliphatic rings. The van der Waals surface area contributed by atoms with E-state index >= 15 is 0 Å². The van der Waals surface area contributed by atoms with E-state index in [-0.39, 0.29) is 12.5 Å². The Bertz CT molecular complexity index is 265. The average Bonchev–Trinajstić information content (AvgIpc) is 2.38. The van der Waals surface area contributed by atoms with Crippen molar-refractivity contribution in [2.24, 2.45) is 5.73 Å². The summed E-state index contributed by atoms with van der Waals surface area (Å²) >= 11 is 0. The number of unbranched alkanes of at least 4 members (excludes halogenated alkanes) is 4. The van der Waals surface area contributed by atoms with Gasteiger partial charge in [0.05, 0.1) is 5.54 Å². The summed E-state index contributed by atoms with van der Waals surface area (Å²) in [5.41, 5.74) is 5.52. The predicted molar refractivity (Wildman–Crippen MR) is 77.8 cm³/mol. The third-order valence-corrected chi connectivity index (χ3v) is 4.08. The Morgan fingerprint density at radius 3 is 2.32 bits per heavy atom. The molecule has 1 aliphatic carbocycles. The Morgan fingerprint density at radius 2 is 1.79 bits per heavy atom. The number of nitrogens with two attached hydrogens (primary N) is 1. The largest absolute Gasteiger partial charge is 0.396 e. The first-order chi connectivity index (χ1) is 9.14. The van der Waals surface area contributed by atoms with Crippen molar-refractivity contribution >= 4 is 5.91 Å². The molecule has 0 unspecified atom stereocenters. The second kappa shape index (κ2) is 8.54. The molecule has 0 saturated heterocycles. The fourth-order valence-electron chi connectivity index (χ4n) is 2.57. The zero-order chi connectivity index (χ0) is 14.1. The number of carbonyl (C=O) groups is 1. The van der Waals surface area contributed by atoms with Gasteiger partial charge in [0.15, 0.2) is 0 Å². The molecule has 4 heteroatoms. The first-order valence-electron chi connectivity index (χ1n) is 7.83. The summed E-state index contributed by atoms with van der Waals surface area (Å²) in [5.74, 6) is 0.0997. The van der Waals surface area contributed by atoms with Crippen molar-refractivity contribution in [2.45, 2.75) is 70.3 Å². The van der Waals surface area contributed by atoms with Gasteiger partial charge in [0.1, 0.15) is 0 Å². The molecule has 0 radical (unpaired) electrons. The van der Waals surface area contributed by atoms with Crippen LogP contribution >= 0.6 is 0 Å². The monoisotopic (exact) mass is 270 g/mol. The highest BCUT2D eigenvalue weighted by atomic mass is 16.3. The van der Waals surface area contributed by atoms with Gasteiger partial charge < -0.3 is 15.7 Å². The van der Waals surface area contributed by atoms with E-state index in [2.05, 4.69) is 6.92 Å². The summed E-state index contributed by atoms with van der Waals surface area (Å²) < 4.78 is 0. The Hall–Kier alpha value is -0.610. The highest BCUT2D eigenvalue weighted by Gasteiger charge is 2.42. The maximum Gasteiger partial charge on any atom is 0.242 e. The Morgan fingerprint density at radius 1 is 1.16 bits per heavy atom. The highest BCUT2D eigenvalue weighted by molar-refractivity contribution is 5.87. The highest BCUT2D eigenvalue weighted by Crippen LogP contribution is 2.31. The van der Waals surface area contributed by atoms with E-state index in [9.17, 15) is 4.79 Å². The van der Waals surface area contributed by atoms with Gasteiger partial charge in [-0.3, -0.25) is 4.79 Å². The van der Waals surface area contributed by atoms with Gasteiger partial charge in [0.25, 0.3) is 0 Å². The summed E-state index contributed by atoms with van der Waals surface area (Å²) in [6, 6.07) is 0. The molecular formula is C15H30N2O2. The van der Waals surface area contributed by atoms with Crippen LogP contribution in [0.3, 0.4) is 0 Å². The van der Waals surface area contributed by atoms with Crippen LogP contribution in [0.1, 0.15) is 64.7 Å². The Kier molecular flexibility index (Phi) is 7.39. The molecule has 0 bridgehead atoms. The second-order valence-electron chi connectivity index (χ2n) is 5.79. The summed E-state index contributed by atoms with van der Waals surface area (Å²) in [6.45, 7) is 3.77. The third-order valence-electron chi connectivity index (χ3n) is 4.08. The molecule has 0 atom stereocenters. The normalized spacial score (nSPS) is 17.0. The van der Waals surface area contributed by atoms with Crippen molar-refractivity contribution < 1.29 is 9.90 Å². The summed E-state index contributed by atoms with van der Waals surface area (Å²) in [6.07, 6.45) is 9.32. The molecule has 1 fully saturated rings. The molecule has 19 heavy (non-hydrogen) atoms. The molecule has 0 aliphatic heterocycles. The SMILES string of the molecule is CCCCCCCN(CCCO)C(=O)C1(N)CCC1.